The van der Waals surface area contributed by atoms with Crippen LogP contribution in [0.5, 0.6) is 0 Å². The van der Waals surface area contributed by atoms with Gasteiger partial charge in [0.2, 0.25) is 0 Å². The summed E-state index contributed by atoms with van der Waals surface area (Å²) in [6.45, 7) is 4.22. The minimum Gasteiger partial charge on any atom is -0.478 e. The Balaban J connectivity index is 1.52. The van der Waals surface area contributed by atoms with Crippen LogP contribution in [0, 0.1) is 13.8 Å². The van der Waals surface area contributed by atoms with Crippen molar-refractivity contribution in [1.29, 1.82) is 0 Å². The zero-order chi connectivity index (χ0) is 27.9. The largest absolute Gasteiger partial charge is 0.478 e. The summed E-state index contributed by atoms with van der Waals surface area (Å²) < 4.78 is 0. The molecule has 1 N–H and O–H groups in total. The third kappa shape index (κ3) is 6.46. The van der Waals surface area contributed by atoms with Crippen molar-refractivity contribution in [2.75, 3.05) is 4.90 Å². The second kappa shape index (κ2) is 12.1. The fraction of sp³-hybridized carbons (Fsp3) is 0.0541. The molecule has 0 spiro atoms. The second-order valence-corrected chi connectivity index (χ2v) is 9.82. The fourth-order valence-corrected chi connectivity index (χ4v) is 4.61. The molecule has 40 heavy (non-hydrogen) atoms. The number of hydrogen-bond acceptors (Lipinski definition) is 2. The van der Waals surface area contributed by atoms with Crippen LogP contribution >= 0.6 is 0 Å². The average Bonchev–Trinajstić information content (AvgIpc) is 2.98. The predicted molar refractivity (Wildman–Crippen MR) is 167 cm³/mol. The average molecular weight is 522 g/mol. The molecule has 0 bridgehead atoms. The highest BCUT2D eigenvalue weighted by Crippen LogP contribution is 2.35. The van der Waals surface area contributed by atoms with Gasteiger partial charge >= 0.3 is 5.97 Å². The monoisotopic (exact) mass is 521 g/mol. The van der Waals surface area contributed by atoms with Crippen LogP contribution in [0.25, 0.3) is 17.7 Å². The number of benzene rings is 5. The van der Waals surface area contributed by atoms with Crippen LogP contribution in [0.4, 0.5) is 17.1 Å². The van der Waals surface area contributed by atoms with Crippen LogP contribution in [-0.2, 0) is 4.79 Å². The Hall–Kier alpha value is -5.15. The van der Waals surface area contributed by atoms with Crippen LogP contribution in [0.3, 0.4) is 0 Å². The molecule has 5 aromatic rings. The van der Waals surface area contributed by atoms with E-state index in [0.717, 1.165) is 34.3 Å². The smallest absolute Gasteiger partial charge is 0.328 e. The minimum absolute atomic E-state index is 0.833. The van der Waals surface area contributed by atoms with Gasteiger partial charge < -0.3 is 10.0 Å². The maximum Gasteiger partial charge on any atom is 0.328 e. The number of aliphatic carboxylic acids is 1. The van der Waals surface area contributed by atoms with E-state index in [0.29, 0.717) is 0 Å². The van der Waals surface area contributed by atoms with Gasteiger partial charge in [-0.2, -0.15) is 0 Å². The van der Waals surface area contributed by atoms with Gasteiger partial charge in [0.15, 0.2) is 0 Å². The van der Waals surface area contributed by atoms with E-state index in [1.807, 2.05) is 42.5 Å². The summed E-state index contributed by atoms with van der Waals surface area (Å²) in [6.07, 6.45) is 4.99. The molecule has 0 saturated heterocycles. The first kappa shape index (κ1) is 26.5. The molecule has 196 valence electrons. The molecular formula is C37H31NO2. The summed E-state index contributed by atoms with van der Waals surface area (Å²) in [5, 5.41) is 8.94. The van der Waals surface area contributed by atoms with E-state index in [9.17, 15) is 4.79 Å². The Morgan fingerprint density at radius 3 is 1.50 bits per heavy atom. The number of rotatable bonds is 8. The lowest BCUT2D eigenvalue weighted by atomic mass is 9.94. The van der Waals surface area contributed by atoms with E-state index >= 15 is 0 Å². The molecule has 0 aliphatic rings. The first-order valence-electron chi connectivity index (χ1n) is 13.3. The highest BCUT2D eigenvalue weighted by molar-refractivity contribution is 5.92. The van der Waals surface area contributed by atoms with Crippen molar-refractivity contribution in [2.45, 2.75) is 13.8 Å². The van der Waals surface area contributed by atoms with Crippen LogP contribution < -0.4 is 4.90 Å². The summed E-state index contributed by atoms with van der Waals surface area (Å²) in [7, 11) is 0. The van der Waals surface area contributed by atoms with Gasteiger partial charge in [0.1, 0.15) is 0 Å². The summed E-state index contributed by atoms with van der Waals surface area (Å²) in [5.74, 6) is -0.961. The molecule has 0 aliphatic heterocycles. The van der Waals surface area contributed by atoms with E-state index in [-0.39, 0.29) is 0 Å². The topological polar surface area (TPSA) is 40.5 Å². The lowest BCUT2D eigenvalue weighted by molar-refractivity contribution is -0.131. The van der Waals surface area contributed by atoms with Crippen molar-refractivity contribution >= 4 is 40.8 Å². The first-order valence-corrected chi connectivity index (χ1v) is 13.3. The number of carboxylic acid groups (broad SMARTS) is 1. The molecule has 0 radical (unpaired) electrons. The number of aryl methyl sites for hydroxylation is 2. The zero-order valence-corrected chi connectivity index (χ0v) is 22.7. The van der Waals surface area contributed by atoms with Gasteiger partial charge in [0.05, 0.1) is 0 Å². The van der Waals surface area contributed by atoms with Crippen molar-refractivity contribution in [3.63, 3.8) is 0 Å². The van der Waals surface area contributed by atoms with E-state index in [1.165, 1.54) is 27.8 Å². The van der Waals surface area contributed by atoms with Gasteiger partial charge in [-0.05, 0) is 90.2 Å². The van der Waals surface area contributed by atoms with E-state index in [2.05, 4.69) is 110 Å². The molecule has 0 heterocycles. The molecule has 0 amide bonds. The van der Waals surface area contributed by atoms with Crippen LogP contribution in [0.2, 0.25) is 0 Å². The van der Waals surface area contributed by atoms with Gasteiger partial charge in [0, 0.05) is 23.1 Å². The molecule has 0 atom stereocenters. The summed E-state index contributed by atoms with van der Waals surface area (Å²) >= 11 is 0. The molecule has 3 nitrogen and oxygen atoms in total. The highest BCUT2D eigenvalue weighted by Gasteiger charge is 2.12. The second-order valence-electron chi connectivity index (χ2n) is 9.82. The molecule has 0 aliphatic carbocycles. The number of nitrogens with zero attached hydrogens (tertiary/aromatic N) is 1. The Bertz CT molecular complexity index is 1580. The Morgan fingerprint density at radius 2 is 1.02 bits per heavy atom. The van der Waals surface area contributed by atoms with Crippen LogP contribution in [-0.4, -0.2) is 11.1 Å². The molecule has 0 saturated carbocycles. The number of para-hydroxylation sites is 1. The van der Waals surface area contributed by atoms with Crippen molar-refractivity contribution < 1.29 is 9.90 Å². The first-order chi connectivity index (χ1) is 19.5. The molecule has 5 aromatic carbocycles. The molecule has 0 aromatic heterocycles. The Labute approximate surface area is 236 Å². The number of carbonyl (C=O) groups is 1. The molecule has 3 heteroatoms. The maximum atomic E-state index is 10.9. The van der Waals surface area contributed by atoms with E-state index < -0.39 is 5.97 Å². The molecular weight excluding hydrogens is 490 g/mol. The third-order valence-corrected chi connectivity index (χ3v) is 6.77. The quantitative estimate of drug-likeness (QED) is 0.163. The number of carboxylic acids is 1. The molecule has 0 fully saturated rings. The lowest BCUT2D eigenvalue weighted by Crippen LogP contribution is -2.09. The van der Waals surface area contributed by atoms with Crippen LogP contribution in [0.15, 0.2) is 133 Å². The maximum absolute atomic E-state index is 10.9. The van der Waals surface area contributed by atoms with Gasteiger partial charge in [-0.15, -0.1) is 0 Å². The van der Waals surface area contributed by atoms with Gasteiger partial charge in [-0.1, -0.05) is 102 Å². The number of hydrogen-bond donors (Lipinski definition) is 1. The molecule has 5 rings (SSSR count). The zero-order valence-electron chi connectivity index (χ0n) is 22.7. The van der Waals surface area contributed by atoms with Crippen molar-refractivity contribution in [2.24, 2.45) is 0 Å². The Morgan fingerprint density at radius 1 is 0.575 bits per heavy atom. The Kier molecular flexibility index (Phi) is 8.03. The fourth-order valence-electron chi connectivity index (χ4n) is 4.61. The van der Waals surface area contributed by atoms with E-state index in [4.69, 9.17) is 5.11 Å². The van der Waals surface area contributed by atoms with Crippen molar-refractivity contribution in [3.05, 3.63) is 167 Å². The normalized spacial score (nSPS) is 10.8. The highest BCUT2D eigenvalue weighted by atomic mass is 16.4. The molecule has 0 unspecified atom stereocenters. The van der Waals surface area contributed by atoms with E-state index in [1.54, 1.807) is 6.08 Å². The van der Waals surface area contributed by atoms with Crippen molar-refractivity contribution in [3.8, 4) is 0 Å². The lowest BCUT2D eigenvalue weighted by Gasteiger charge is -2.25. The third-order valence-electron chi connectivity index (χ3n) is 6.77. The van der Waals surface area contributed by atoms with Gasteiger partial charge in [-0.25, -0.2) is 4.79 Å². The minimum atomic E-state index is -0.961. The summed E-state index contributed by atoms with van der Waals surface area (Å²) in [4.78, 5) is 13.1. The van der Waals surface area contributed by atoms with Gasteiger partial charge in [-0.3, -0.25) is 0 Å². The standard InChI is InChI=1S/C37H31NO2/c1-27-8-17-31(18-9-27)36(32-19-10-28(2)11-20-32)26-30-14-23-35(24-15-30)38(33-6-4-3-5-7-33)34-21-12-29(13-22-34)16-25-37(39)40/h3-26H,1-2H3,(H,39,40). The van der Waals surface area contributed by atoms with Crippen LogP contribution in [0.1, 0.15) is 33.4 Å². The summed E-state index contributed by atoms with van der Waals surface area (Å²) in [6, 6.07) is 44.0. The van der Waals surface area contributed by atoms with Gasteiger partial charge in [0.25, 0.3) is 0 Å². The predicted octanol–water partition coefficient (Wildman–Crippen LogP) is 9.46. The SMILES string of the molecule is Cc1ccc(C(=Cc2ccc(N(c3ccccc3)c3ccc(C=CC(=O)O)cc3)cc2)c2ccc(C)cc2)cc1. The summed E-state index contributed by atoms with van der Waals surface area (Å²) in [5.41, 5.74) is 11.0. The van der Waals surface area contributed by atoms with Crippen molar-refractivity contribution in [1.82, 2.24) is 0 Å². The number of anilines is 3.